The normalized spacial score (nSPS) is 41.3. The van der Waals surface area contributed by atoms with Crippen molar-refractivity contribution in [1.82, 2.24) is 0 Å². The highest BCUT2D eigenvalue weighted by Crippen LogP contribution is 2.54. The van der Waals surface area contributed by atoms with Crippen molar-refractivity contribution in [2.75, 3.05) is 0 Å². The summed E-state index contributed by atoms with van der Waals surface area (Å²) in [6, 6.07) is 0. The Morgan fingerprint density at radius 3 is 2.56 bits per heavy atom. The second-order valence-corrected chi connectivity index (χ2v) is 7.03. The van der Waals surface area contributed by atoms with Crippen molar-refractivity contribution in [2.45, 2.75) is 64.6 Å². The van der Waals surface area contributed by atoms with E-state index in [4.69, 9.17) is 0 Å². The van der Waals surface area contributed by atoms with Crippen LogP contribution in [-0.4, -0.2) is 27.2 Å². The number of carbonyl (C=O) groups is 1. The average molecular weight is 252 g/mol. The van der Waals surface area contributed by atoms with Crippen LogP contribution < -0.4 is 0 Å². The van der Waals surface area contributed by atoms with Gasteiger partial charge in [0.25, 0.3) is 0 Å². The molecule has 0 radical (unpaired) electrons. The van der Waals surface area contributed by atoms with Gasteiger partial charge in [0.1, 0.15) is 0 Å². The van der Waals surface area contributed by atoms with Crippen molar-refractivity contribution in [2.24, 2.45) is 11.3 Å². The lowest BCUT2D eigenvalue weighted by atomic mass is 9.54. The molecule has 0 heterocycles. The molecule has 1 fully saturated rings. The molecule has 3 heteroatoms. The summed E-state index contributed by atoms with van der Waals surface area (Å²) in [5, 5.41) is 20.9. The van der Waals surface area contributed by atoms with Crippen molar-refractivity contribution in [1.29, 1.82) is 0 Å². The zero-order chi connectivity index (χ0) is 13.8. The van der Waals surface area contributed by atoms with Crippen molar-refractivity contribution >= 4 is 5.78 Å². The summed E-state index contributed by atoms with van der Waals surface area (Å²) in [5.41, 5.74) is -1.15. The van der Waals surface area contributed by atoms with Gasteiger partial charge in [-0.15, -0.1) is 0 Å². The number of ketones is 1. The number of aliphatic hydroxyl groups is 2. The third kappa shape index (κ3) is 2.04. The summed E-state index contributed by atoms with van der Waals surface area (Å²) in [4.78, 5) is 11.7. The summed E-state index contributed by atoms with van der Waals surface area (Å²) in [6.07, 6.45) is 4.17. The molecular formula is C15H24O3. The molecule has 0 bridgehead atoms. The van der Waals surface area contributed by atoms with E-state index < -0.39 is 11.2 Å². The van der Waals surface area contributed by atoms with E-state index in [1.807, 2.05) is 6.92 Å². The second kappa shape index (κ2) is 3.91. The Morgan fingerprint density at radius 2 is 2.00 bits per heavy atom. The Labute approximate surface area is 109 Å². The summed E-state index contributed by atoms with van der Waals surface area (Å²) < 4.78 is 0. The molecular weight excluding hydrogens is 228 g/mol. The molecule has 0 aromatic heterocycles. The van der Waals surface area contributed by atoms with E-state index in [0.29, 0.717) is 19.3 Å². The van der Waals surface area contributed by atoms with E-state index in [1.54, 1.807) is 19.9 Å². The molecule has 1 saturated carbocycles. The zero-order valence-corrected chi connectivity index (χ0v) is 11.8. The standard InChI is InChI=1S/C15H24O3/c1-10-7-11(16)8-14(4)5-6-15(18,9-12(10)14)13(2,3)17/h7,12,17-18H,5-6,8-9H2,1-4H3. The molecule has 0 spiro atoms. The highest BCUT2D eigenvalue weighted by atomic mass is 16.4. The van der Waals surface area contributed by atoms with E-state index in [2.05, 4.69) is 6.92 Å². The molecule has 0 amide bonds. The van der Waals surface area contributed by atoms with Gasteiger partial charge in [-0.1, -0.05) is 12.5 Å². The van der Waals surface area contributed by atoms with Crippen LogP contribution in [0.15, 0.2) is 11.6 Å². The summed E-state index contributed by atoms with van der Waals surface area (Å²) >= 11 is 0. The topological polar surface area (TPSA) is 57.5 Å². The zero-order valence-electron chi connectivity index (χ0n) is 11.8. The molecule has 3 atom stereocenters. The lowest BCUT2D eigenvalue weighted by Gasteiger charge is -2.53. The maximum absolute atomic E-state index is 11.7. The highest BCUT2D eigenvalue weighted by molar-refractivity contribution is 5.92. The number of hydrogen-bond donors (Lipinski definition) is 2. The van der Waals surface area contributed by atoms with Crippen molar-refractivity contribution < 1.29 is 15.0 Å². The molecule has 0 saturated heterocycles. The fourth-order valence-electron chi connectivity index (χ4n) is 3.63. The molecule has 2 aliphatic rings. The van der Waals surface area contributed by atoms with Gasteiger partial charge in [0.15, 0.2) is 5.78 Å². The van der Waals surface area contributed by atoms with Crippen LogP contribution in [0.5, 0.6) is 0 Å². The first-order valence-electron chi connectivity index (χ1n) is 6.73. The average Bonchev–Trinajstić information content (AvgIpc) is 2.18. The Hall–Kier alpha value is -0.670. The molecule has 3 unspecified atom stereocenters. The Kier molecular flexibility index (Phi) is 2.99. The monoisotopic (exact) mass is 252 g/mol. The molecule has 0 aromatic rings. The number of hydrogen-bond acceptors (Lipinski definition) is 3. The molecule has 102 valence electrons. The van der Waals surface area contributed by atoms with Gasteiger partial charge in [-0.25, -0.2) is 0 Å². The predicted molar refractivity (Wildman–Crippen MR) is 70.1 cm³/mol. The second-order valence-electron chi connectivity index (χ2n) is 7.03. The van der Waals surface area contributed by atoms with E-state index in [9.17, 15) is 15.0 Å². The molecule has 2 rings (SSSR count). The maximum Gasteiger partial charge on any atom is 0.156 e. The fourth-order valence-corrected chi connectivity index (χ4v) is 3.63. The predicted octanol–water partition coefficient (Wildman–Crippen LogP) is 2.21. The largest absolute Gasteiger partial charge is 0.387 e. The first-order valence-corrected chi connectivity index (χ1v) is 6.73. The third-order valence-electron chi connectivity index (χ3n) is 5.15. The molecule has 0 aromatic carbocycles. The smallest absolute Gasteiger partial charge is 0.156 e. The quantitative estimate of drug-likeness (QED) is 0.752. The summed E-state index contributed by atoms with van der Waals surface area (Å²) in [5.74, 6) is 0.389. The molecule has 3 nitrogen and oxygen atoms in total. The van der Waals surface area contributed by atoms with Crippen LogP contribution in [0.3, 0.4) is 0 Å². The fraction of sp³-hybridized carbons (Fsp3) is 0.800. The van der Waals surface area contributed by atoms with Crippen LogP contribution in [0.25, 0.3) is 0 Å². The van der Waals surface area contributed by atoms with Gasteiger partial charge >= 0.3 is 0 Å². The number of fused-ring (bicyclic) bond motifs is 1. The third-order valence-corrected chi connectivity index (χ3v) is 5.15. The van der Waals surface area contributed by atoms with Crippen molar-refractivity contribution in [3.63, 3.8) is 0 Å². The van der Waals surface area contributed by atoms with E-state index in [-0.39, 0.29) is 17.1 Å². The minimum Gasteiger partial charge on any atom is -0.387 e. The van der Waals surface area contributed by atoms with Gasteiger partial charge in [0.05, 0.1) is 11.2 Å². The van der Waals surface area contributed by atoms with Crippen molar-refractivity contribution in [3.05, 3.63) is 11.6 Å². The van der Waals surface area contributed by atoms with Gasteiger partial charge in [-0.2, -0.15) is 0 Å². The number of carbonyl (C=O) groups excluding carboxylic acids is 1. The maximum atomic E-state index is 11.7. The SMILES string of the molecule is CC1=CC(=O)CC2(C)CCC(O)(C(C)(C)O)CC12. The number of allylic oxidation sites excluding steroid dienone is 2. The van der Waals surface area contributed by atoms with Gasteiger partial charge in [-0.05, 0) is 57.4 Å². The van der Waals surface area contributed by atoms with Crippen molar-refractivity contribution in [3.8, 4) is 0 Å². The number of rotatable bonds is 1. The Morgan fingerprint density at radius 1 is 1.39 bits per heavy atom. The van der Waals surface area contributed by atoms with Gasteiger partial charge in [-0.3, -0.25) is 4.79 Å². The minimum atomic E-state index is -1.10. The molecule has 18 heavy (non-hydrogen) atoms. The van der Waals surface area contributed by atoms with E-state index in [0.717, 1.165) is 12.0 Å². The van der Waals surface area contributed by atoms with Gasteiger partial charge in [0, 0.05) is 6.42 Å². The Balaban J connectivity index is 2.34. The van der Waals surface area contributed by atoms with E-state index >= 15 is 0 Å². The minimum absolute atomic E-state index is 0.0482. The van der Waals surface area contributed by atoms with Crippen LogP contribution in [0.2, 0.25) is 0 Å². The lowest BCUT2D eigenvalue weighted by molar-refractivity contribution is -0.174. The van der Waals surface area contributed by atoms with Crippen LogP contribution in [0.1, 0.15) is 53.4 Å². The van der Waals surface area contributed by atoms with Crippen LogP contribution in [0.4, 0.5) is 0 Å². The summed E-state index contributed by atoms with van der Waals surface area (Å²) in [6.45, 7) is 7.44. The molecule has 2 N–H and O–H groups in total. The van der Waals surface area contributed by atoms with Gasteiger partial charge < -0.3 is 10.2 Å². The van der Waals surface area contributed by atoms with Crippen LogP contribution in [0, 0.1) is 11.3 Å². The molecule has 0 aliphatic heterocycles. The van der Waals surface area contributed by atoms with Gasteiger partial charge in [0.2, 0.25) is 0 Å². The van der Waals surface area contributed by atoms with Crippen LogP contribution >= 0.6 is 0 Å². The first kappa shape index (κ1) is 13.8. The van der Waals surface area contributed by atoms with E-state index in [1.165, 1.54) is 0 Å². The van der Waals surface area contributed by atoms with Crippen LogP contribution in [-0.2, 0) is 4.79 Å². The first-order chi connectivity index (χ1) is 8.07. The highest BCUT2D eigenvalue weighted by Gasteiger charge is 2.53. The Bertz CT molecular complexity index is 404. The lowest BCUT2D eigenvalue weighted by Crippen LogP contribution is -2.57. The summed E-state index contributed by atoms with van der Waals surface area (Å²) in [7, 11) is 0. The molecule has 2 aliphatic carbocycles.